The van der Waals surface area contributed by atoms with Gasteiger partial charge in [-0.05, 0) is 105 Å². The molecule has 1 aliphatic heterocycles. The number of thioether (sulfide) groups is 1. The largest absolute Gasteiger partial charge is 0.481 e. The van der Waals surface area contributed by atoms with Crippen LogP contribution in [0.25, 0.3) is 0 Å². The van der Waals surface area contributed by atoms with E-state index in [9.17, 15) is 43.8 Å². The summed E-state index contributed by atoms with van der Waals surface area (Å²) >= 11 is 1.09. The Morgan fingerprint density at radius 2 is 1.62 bits per heavy atom. The minimum atomic E-state index is -1.48. The van der Waals surface area contributed by atoms with Gasteiger partial charge in [-0.15, -0.1) is 0 Å². The van der Waals surface area contributed by atoms with Gasteiger partial charge in [-0.25, -0.2) is 0 Å². The van der Waals surface area contributed by atoms with E-state index in [0.29, 0.717) is 29.2 Å². The van der Waals surface area contributed by atoms with Gasteiger partial charge in [-0.3, -0.25) is 33.6 Å². The molecule has 4 aliphatic carbocycles. The zero-order valence-corrected chi connectivity index (χ0v) is 39.9. The number of fused-ring (bicyclic) bond motifs is 7. The van der Waals surface area contributed by atoms with Gasteiger partial charge in [0.2, 0.25) is 23.6 Å². The number of ether oxygens (including phenoxy) is 3. The molecule has 68 heavy (non-hydrogen) atoms. The number of allylic oxidation sites excluding steroid dienone is 4. The fourth-order valence-corrected chi connectivity index (χ4v) is 12.1. The number of anilines is 1. The second-order valence-electron chi connectivity index (χ2n) is 19.4. The number of aliphatic hydroxyl groups excluding tert-OH is 2. The molecule has 0 bridgehead atoms. The van der Waals surface area contributed by atoms with Crippen LogP contribution in [0.15, 0.2) is 72.3 Å². The molecule has 5 aliphatic rings. The summed E-state index contributed by atoms with van der Waals surface area (Å²) in [5.74, 6) is -3.20. The summed E-state index contributed by atoms with van der Waals surface area (Å²) in [4.78, 5) is 88.4. The topological polar surface area (TPSA) is 256 Å². The van der Waals surface area contributed by atoms with Crippen molar-refractivity contribution in [2.45, 2.75) is 115 Å². The maximum Gasteiger partial charge on any atom is 0.305 e. The van der Waals surface area contributed by atoms with Crippen LogP contribution in [0.2, 0.25) is 0 Å². The fourth-order valence-electron chi connectivity index (χ4n) is 11.5. The molecule has 7 rings (SSSR count). The van der Waals surface area contributed by atoms with E-state index in [-0.39, 0.29) is 55.3 Å². The lowest BCUT2D eigenvalue weighted by molar-refractivity contribution is -0.201. The quantitative estimate of drug-likeness (QED) is 0.110. The molecule has 3 saturated carbocycles. The molecule has 2 aromatic rings. The third-order valence-electron chi connectivity index (χ3n) is 14.9. The van der Waals surface area contributed by atoms with E-state index in [2.05, 4.69) is 28.2 Å². The first kappa shape index (κ1) is 50.5. The lowest BCUT2D eigenvalue weighted by atomic mass is 9.46. The first-order chi connectivity index (χ1) is 32.2. The number of aliphatic carboxylic acids is 1. The summed E-state index contributed by atoms with van der Waals surface area (Å²) in [5.41, 5.74) is -0.660. The smallest absolute Gasteiger partial charge is 0.305 e. The maximum absolute atomic E-state index is 13.9. The summed E-state index contributed by atoms with van der Waals surface area (Å²) < 4.78 is 19.4. The van der Waals surface area contributed by atoms with Crippen molar-refractivity contribution < 1.29 is 63.1 Å². The number of hydrogen-bond acceptors (Lipinski definition) is 13. The third kappa shape index (κ3) is 9.75. The number of carboxylic acid groups (broad SMARTS) is 1. The van der Waals surface area contributed by atoms with E-state index in [4.69, 9.17) is 19.3 Å². The second-order valence-corrected chi connectivity index (χ2v) is 20.4. The van der Waals surface area contributed by atoms with Crippen LogP contribution in [-0.2, 0) is 43.0 Å². The van der Waals surface area contributed by atoms with E-state index in [1.807, 2.05) is 13.0 Å². The standard InChI is InChI=1S/C50H62N4O13S/c1-26(2)43(54-40(59)18-20-51-45(63)37(68-6)23-41(60)61)46(64)52-27(3)44(62)53-30-10-14-33(15-11-30)65-32-12-7-28(8-13-32)47-66-39-22-35-34-16-9-29-21-31(56)17-19-48(29,4)42(34)36(57)24-49(35,5)50(39,67-47)38(58)25-55/h7-8,10-15,17,19,21,26-27,34-37,39,42-43,47,55,57H,9,16,18,20,22-25H2,1-6H3,(H,51,63)(H,52,64)(H,53,62)(H,54,59)(H,60,61)/t27-,34-,35-,36-,37?,39+,42+,43-,47+,48-,49-,50+/m0/s1. The molecular weight excluding hydrogens is 897 g/mol. The van der Waals surface area contributed by atoms with Gasteiger partial charge in [0.1, 0.15) is 30.2 Å². The molecule has 0 spiro atoms. The first-order valence-corrected chi connectivity index (χ1v) is 24.4. The van der Waals surface area contributed by atoms with Crippen molar-refractivity contribution in [1.29, 1.82) is 0 Å². The number of benzene rings is 2. The fraction of sp³-hybridized carbons (Fsp3) is 0.540. The van der Waals surface area contributed by atoms with Crippen molar-refractivity contribution in [3.63, 3.8) is 0 Å². The summed E-state index contributed by atoms with van der Waals surface area (Å²) in [6.07, 6.45) is 6.32. The number of Topliss-reactive ketones (excluding diaryl/α,β-unsaturated/α-hetero) is 1. The minimum Gasteiger partial charge on any atom is -0.481 e. The molecule has 4 amide bonds. The third-order valence-corrected chi connectivity index (χ3v) is 15.9. The van der Waals surface area contributed by atoms with Crippen LogP contribution in [0.5, 0.6) is 11.5 Å². The van der Waals surface area contributed by atoms with Gasteiger partial charge in [-0.2, -0.15) is 11.8 Å². The highest BCUT2D eigenvalue weighted by Gasteiger charge is 2.76. The molecule has 0 aromatic heterocycles. The van der Waals surface area contributed by atoms with Crippen molar-refractivity contribution in [2.75, 3.05) is 24.7 Å². The molecule has 17 nitrogen and oxygen atoms in total. The number of amides is 4. The van der Waals surface area contributed by atoms with Crippen molar-refractivity contribution in [3.8, 4) is 11.5 Å². The maximum atomic E-state index is 13.9. The number of hydrogen-bond donors (Lipinski definition) is 7. The van der Waals surface area contributed by atoms with E-state index in [0.717, 1.165) is 30.2 Å². The predicted octanol–water partition coefficient (Wildman–Crippen LogP) is 4.38. The Hall–Kier alpha value is -5.40. The zero-order chi connectivity index (χ0) is 49.3. The Morgan fingerprint density at radius 1 is 0.941 bits per heavy atom. The average molecular weight is 959 g/mol. The molecule has 1 saturated heterocycles. The Kier molecular flexibility index (Phi) is 15.1. The second kappa shape index (κ2) is 20.3. The highest BCUT2D eigenvalue weighted by Crippen LogP contribution is 2.70. The number of carbonyl (C=O) groups is 7. The Balaban J connectivity index is 0.913. The highest BCUT2D eigenvalue weighted by atomic mass is 32.2. The van der Waals surface area contributed by atoms with Crippen LogP contribution in [0.4, 0.5) is 5.69 Å². The molecule has 4 fully saturated rings. The molecule has 12 atom stereocenters. The lowest BCUT2D eigenvalue weighted by Crippen LogP contribution is -2.63. The van der Waals surface area contributed by atoms with Gasteiger partial charge in [0, 0.05) is 41.0 Å². The molecule has 0 radical (unpaired) electrons. The number of carboxylic acids is 1. The Morgan fingerprint density at radius 3 is 2.25 bits per heavy atom. The summed E-state index contributed by atoms with van der Waals surface area (Å²) in [5, 5.41) is 41.1. The molecule has 1 unspecified atom stereocenters. The summed E-state index contributed by atoms with van der Waals surface area (Å²) in [6.45, 7) is 8.29. The van der Waals surface area contributed by atoms with Gasteiger partial charge < -0.3 is 50.8 Å². The van der Waals surface area contributed by atoms with Crippen molar-refractivity contribution in [1.82, 2.24) is 16.0 Å². The van der Waals surface area contributed by atoms with Gasteiger partial charge in [0.05, 0.1) is 23.9 Å². The Bertz CT molecular complexity index is 2360. The molecular formula is C50H62N4O13S. The monoisotopic (exact) mass is 958 g/mol. The van der Waals surface area contributed by atoms with Gasteiger partial charge in [0.25, 0.3) is 0 Å². The molecule has 18 heteroatoms. The number of rotatable bonds is 18. The zero-order valence-electron chi connectivity index (χ0n) is 39.1. The van der Waals surface area contributed by atoms with Crippen molar-refractivity contribution in [2.24, 2.45) is 34.5 Å². The van der Waals surface area contributed by atoms with Crippen LogP contribution in [0, 0.1) is 34.5 Å². The number of aliphatic hydroxyl groups is 2. The van der Waals surface area contributed by atoms with Crippen LogP contribution in [-0.4, -0.2) is 111 Å². The average Bonchev–Trinajstić information content (AvgIpc) is 3.80. The van der Waals surface area contributed by atoms with E-state index >= 15 is 0 Å². The van der Waals surface area contributed by atoms with E-state index in [1.165, 1.54) is 6.92 Å². The van der Waals surface area contributed by atoms with Crippen LogP contribution >= 0.6 is 11.8 Å². The predicted molar refractivity (Wildman–Crippen MR) is 250 cm³/mol. The van der Waals surface area contributed by atoms with Crippen LogP contribution < -0.4 is 26.0 Å². The molecule has 1 heterocycles. The van der Waals surface area contributed by atoms with Crippen molar-refractivity contribution >= 4 is 58.6 Å². The SMILES string of the molecule is CSC(CC(=O)O)C(=O)NCCC(=O)N[C@H](C(=O)N[C@@H](C)C(=O)Nc1ccc(Oc2ccc([C@@H]3O[C@@H]4C[C@H]5[C@@H]6CCC7=CC(=O)C=C[C@]7(C)[C@H]6[C@@H](O)C[C@]5(C)[C@]4(C(=O)CO)O3)cc2)cc1)C(C)C. The number of ketones is 2. The first-order valence-electron chi connectivity index (χ1n) is 23.1. The van der Waals surface area contributed by atoms with Gasteiger partial charge in [0.15, 0.2) is 23.5 Å². The van der Waals surface area contributed by atoms with E-state index in [1.54, 1.807) is 80.8 Å². The van der Waals surface area contributed by atoms with Crippen LogP contribution in [0.3, 0.4) is 0 Å². The summed E-state index contributed by atoms with van der Waals surface area (Å²) in [6, 6.07) is 11.7. The minimum absolute atomic E-state index is 0.0275. The number of carbonyl (C=O) groups excluding carboxylic acids is 6. The molecule has 7 N–H and O–H groups in total. The van der Waals surface area contributed by atoms with Gasteiger partial charge >= 0.3 is 5.97 Å². The lowest BCUT2D eigenvalue weighted by Gasteiger charge is -2.59. The highest BCUT2D eigenvalue weighted by molar-refractivity contribution is 7.99. The molecule has 366 valence electrons. The van der Waals surface area contributed by atoms with Crippen LogP contribution in [0.1, 0.15) is 85.0 Å². The summed E-state index contributed by atoms with van der Waals surface area (Å²) in [7, 11) is 0. The Labute approximate surface area is 399 Å². The number of nitrogens with one attached hydrogen (secondary N) is 4. The normalized spacial score (nSPS) is 30.3. The van der Waals surface area contributed by atoms with Gasteiger partial charge in [-0.1, -0.05) is 51.5 Å². The van der Waals surface area contributed by atoms with E-state index < -0.39 is 94.3 Å². The van der Waals surface area contributed by atoms with Crippen molar-refractivity contribution in [3.05, 3.63) is 77.9 Å². The molecule has 2 aromatic carbocycles.